The quantitative estimate of drug-likeness (QED) is 0.805. The van der Waals surface area contributed by atoms with Crippen molar-refractivity contribution in [2.75, 3.05) is 31.1 Å². The lowest BCUT2D eigenvalue weighted by molar-refractivity contribution is 0.112. The van der Waals surface area contributed by atoms with Gasteiger partial charge >= 0.3 is 0 Å². The molecule has 3 nitrogen and oxygen atoms in total. The molecule has 0 radical (unpaired) electrons. The third-order valence-electron chi connectivity index (χ3n) is 4.02. The highest BCUT2D eigenvalue weighted by molar-refractivity contribution is 5.74. The molecule has 0 bridgehead atoms. The molecule has 1 aliphatic rings. The molecule has 0 N–H and O–H groups in total. The van der Waals surface area contributed by atoms with Gasteiger partial charge in [0.2, 0.25) is 0 Å². The Morgan fingerprint density at radius 3 is 2.14 bits per heavy atom. The van der Waals surface area contributed by atoms with Crippen LogP contribution in [0.25, 0.3) is 0 Å². The lowest BCUT2D eigenvalue weighted by Crippen LogP contribution is -2.45. The van der Waals surface area contributed by atoms with Gasteiger partial charge in [-0.25, -0.2) is 0 Å². The summed E-state index contributed by atoms with van der Waals surface area (Å²) in [6.07, 6.45) is 0.891. The van der Waals surface area contributed by atoms with E-state index in [0.29, 0.717) is 0 Å². The molecule has 1 fully saturated rings. The monoisotopic (exact) mass is 280 g/mol. The predicted molar refractivity (Wildman–Crippen MR) is 85.8 cm³/mol. The molecular weight excluding hydrogens is 260 g/mol. The van der Waals surface area contributed by atoms with Gasteiger partial charge < -0.3 is 4.90 Å². The molecule has 2 aromatic carbocycles. The van der Waals surface area contributed by atoms with E-state index in [9.17, 15) is 4.79 Å². The Kier molecular flexibility index (Phi) is 4.31. The van der Waals surface area contributed by atoms with Crippen LogP contribution in [0.3, 0.4) is 0 Å². The van der Waals surface area contributed by atoms with Gasteiger partial charge in [0.1, 0.15) is 6.29 Å². The van der Waals surface area contributed by atoms with E-state index in [1.54, 1.807) is 0 Å². The lowest BCUT2D eigenvalue weighted by atomic mass is 10.1. The summed E-state index contributed by atoms with van der Waals surface area (Å²) in [5, 5.41) is 0. The third kappa shape index (κ3) is 3.50. The summed E-state index contributed by atoms with van der Waals surface area (Å²) in [5.41, 5.74) is 3.33. The van der Waals surface area contributed by atoms with Crippen LogP contribution in [-0.4, -0.2) is 37.4 Å². The molecule has 0 atom stereocenters. The van der Waals surface area contributed by atoms with E-state index in [0.717, 1.165) is 44.6 Å². The first kappa shape index (κ1) is 13.8. The van der Waals surface area contributed by atoms with E-state index < -0.39 is 0 Å². The summed E-state index contributed by atoms with van der Waals surface area (Å²) >= 11 is 0. The van der Waals surface area contributed by atoms with Crippen molar-refractivity contribution in [2.45, 2.75) is 6.54 Å². The fraction of sp³-hybridized carbons (Fsp3) is 0.278. The second kappa shape index (κ2) is 6.55. The summed E-state index contributed by atoms with van der Waals surface area (Å²) in [7, 11) is 0. The molecule has 21 heavy (non-hydrogen) atoms. The highest BCUT2D eigenvalue weighted by atomic mass is 16.1. The number of hydrogen-bond donors (Lipinski definition) is 0. The van der Waals surface area contributed by atoms with Crippen LogP contribution in [0.1, 0.15) is 15.9 Å². The predicted octanol–water partition coefficient (Wildman–Crippen LogP) is 2.82. The minimum absolute atomic E-state index is 0.743. The molecule has 0 saturated carbocycles. The fourth-order valence-corrected chi connectivity index (χ4v) is 2.76. The van der Waals surface area contributed by atoms with Gasteiger partial charge in [0.25, 0.3) is 0 Å². The number of carbonyl (C=O) groups is 1. The van der Waals surface area contributed by atoms with Gasteiger partial charge in [-0.2, -0.15) is 0 Å². The first-order valence-corrected chi connectivity index (χ1v) is 7.41. The van der Waals surface area contributed by atoms with Crippen molar-refractivity contribution in [3.63, 3.8) is 0 Å². The molecule has 3 heteroatoms. The van der Waals surface area contributed by atoms with E-state index >= 15 is 0 Å². The van der Waals surface area contributed by atoms with E-state index in [4.69, 9.17) is 0 Å². The Hall–Kier alpha value is -2.13. The Balaban J connectivity index is 1.54. The van der Waals surface area contributed by atoms with Gasteiger partial charge in [-0.3, -0.25) is 9.69 Å². The summed E-state index contributed by atoms with van der Waals surface area (Å²) in [4.78, 5) is 15.6. The van der Waals surface area contributed by atoms with Crippen LogP contribution >= 0.6 is 0 Å². The summed E-state index contributed by atoms with van der Waals surface area (Å²) < 4.78 is 0. The van der Waals surface area contributed by atoms with Gasteiger partial charge in [0, 0.05) is 44.0 Å². The standard InChI is InChI=1S/C18H20N2O/c21-15-17-8-6-16(7-9-17)14-19-10-12-20(13-11-19)18-4-2-1-3-5-18/h1-9,15H,10-14H2. The van der Waals surface area contributed by atoms with Crippen LogP contribution in [-0.2, 0) is 6.54 Å². The van der Waals surface area contributed by atoms with Crippen LogP contribution in [0, 0.1) is 0 Å². The van der Waals surface area contributed by atoms with Crippen LogP contribution < -0.4 is 4.90 Å². The van der Waals surface area contributed by atoms with Crippen LogP contribution in [0.2, 0.25) is 0 Å². The van der Waals surface area contributed by atoms with Crippen molar-refractivity contribution in [1.82, 2.24) is 4.90 Å². The van der Waals surface area contributed by atoms with E-state index in [-0.39, 0.29) is 0 Å². The van der Waals surface area contributed by atoms with Gasteiger partial charge in [-0.15, -0.1) is 0 Å². The topological polar surface area (TPSA) is 23.6 Å². The second-order valence-electron chi connectivity index (χ2n) is 5.46. The Morgan fingerprint density at radius 1 is 0.857 bits per heavy atom. The van der Waals surface area contributed by atoms with Crippen molar-refractivity contribution in [3.8, 4) is 0 Å². The number of hydrogen-bond acceptors (Lipinski definition) is 3. The zero-order valence-corrected chi connectivity index (χ0v) is 12.1. The fourth-order valence-electron chi connectivity index (χ4n) is 2.76. The molecule has 0 amide bonds. The van der Waals surface area contributed by atoms with Gasteiger partial charge in [0.15, 0.2) is 0 Å². The first-order chi connectivity index (χ1) is 10.3. The average Bonchev–Trinajstić information content (AvgIpc) is 2.57. The Bertz CT molecular complexity index is 572. The molecule has 2 aromatic rings. The Labute approximate surface area is 125 Å². The SMILES string of the molecule is O=Cc1ccc(CN2CCN(c3ccccc3)CC2)cc1. The van der Waals surface area contributed by atoms with E-state index in [1.165, 1.54) is 11.3 Å². The molecule has 1 aliphatic heterocycles. The zero-order chi connectivity index (χ0) is 14.5. The van der Waals surface area contributed by atoms with Crippen molar-refractivity contribution in [2.24, 2.45) is 0 Å². The number of anilines is 1. The van der Waals surface area contributed by atoms with Crippen molar-refractivity contribution in [1.29, 1.82) is 0 Å². The van der Waals surface area contributed by atoms with Gasteiger partial charge in [-0.05, 0) is 17.7 Å². The molecule has 0 spiro atoms. The maximum atomic E-state index is 10.7. The number of carbonyl (C=O) groups excluding carboxylic acids is 1. The third-order valence-corrected chi connectivity index (χ3v) is 4.02. The number of rotatable bonds is 4. The van der Waals surface area contributed by atoms with Gasteiger partial charge in [-0.1, -0.05) is 42.5 Å². The van der Waals surface area contributed by atoms with Crippen molar-refractivity contribution in [3.05, 3.63) is 65.7 Å². The summed E-state index contributed by atoms with van der Waals surface area (Å²) in [5.74, 6) is 0. The minimum Gasteiger partial charge on any atom is -0.369 e. The zero-order valence-electron chi connectivity index (χ0n) is 12.1. The number of para-hydroxylation sites is 1. The Morgan fingerprint density at radius 2 is 1.52 bits per heavy atom. The second-order valence-corrected chi connectivity index (χ2v) is 5.46. The maximum Gasteiger partial charge on any atom is 0.150 e. The van der Waals surface area contributed by atoms with Crippen LogP contribution in [0.4, 0.5) is 5.69 Å². The molecule has 1 saturated heterocycles. The lowest BCUT2D eigenvalue weighted by Gasteiger charge is -2.36. The smallest absolute Gasteiger partial charge is 0.150 e. The molecule has 3 rings (SSSR count). The molecule has 0 aromatic heterocycles. The van der Waals surface area contributed by atoms with Crippen molar-refractivity contribution < 1.29 is 4.79 Å². The number of benzene rings is 2. The number of aldehydes is 1. The summed E-state index contributed by atoms with van der Waals surface area (Å²) in [6, 6.07) is 18.5. The van der Waals surface area contributed by atoms with Crippen LogP contribution in [0.15, 0.2) is 54.6 Å². The van der Waals surface area contributed by atoms with Crippen LogP contribution in [0.5, 0.6) is 0 Å². The van der Waals surface area contributed by atoms with E-state index in [1.807, 2.05) is 24.3 Å². The van der Waals surface area contributed by atoms with E-state index in [2.05, 4.69) is 40.1 Å². The summed E-state index contributed by atoms with van der Waals surface area (Å²) in [6.45, 7) is 5.24. The molecule has 0 aliphatic carbocycles. The highest BCUT2D eigenvalue weighted by Gasteiger charge is 2.16. The molecule has 0 unspecified atom stereocenters. The molecule has 1 heterocycles. The largest absolute Gasteiger partial charge is 0.369 e. The highest BCUT2D eigenvalue weighted by Crippen LogP contribution is 2.16. The van der Waals surface area contributed by atoms with Crippen molar-refractivity contribution >= 4 is 12.0 Å². The number of piperazine rings is 1. The first-order valence-electron chi connectivity index (χ1n) is 7.41. The average molecular weight is 280 g/mol. The number of nitrogens with zero attached hydrogens (tertiary/aromatic N) is 2. The normalized spacial score (nSPS) is 15.9. The van der Waals surface area contributed by atoms with Gasteiger partial charge in [0.05, 0.1) is 0 Å². The minimum atomic E-state index is 0.743. The maximum absolute atomic E-state index is 10.7. The molecular formula is C18H20N2O. The molecule has 108 valence electrons.